The van der Waals surface area contributed by atoms with Crippen molar-refractivity contribution in [1.29, 1.82) is 0 Å². The van der Waals surface area contributed by atoms with Gasteiger partial charge in [0.2, 0.25) is 0 Å². The summed E-state index contributed by atoms with van der Waals surface area (Å²) in [5.74, 6) is 0.221. The Morgan fingerprint density at radius 3 is 2.95 bits per heavy atom. The highest BCUT2D eigenvalue weighted by Gasteiger charge is 2.26. The van der Waals surface area contributed by atoms with Gasteiger partial charge in [-0.3, -0.25) is 4.79 Å². The van der Waals surface area contributed by atoms with E-state index in [4.69, 9.17) is 11.6 Å². The highest BCUT2D eigenvalue weighted by molar-refractivity contribution is 6.33. The van der Waals surface area contributed by atoms with Crippen LogP contribution in [0.1, 0.15) is 59.4 Å². The van der Waals surface area contributed by atoms with Crippen LogP contribution in [0.25, 0.3) is 0 Å². The van der Waals surface area contributed by atoms with Crippen molar-refractivity contribution in [3.63, 3.8) is 0 Å². The Kier molecular flexibility index (Phi) is 4.12. The van der Waals surface area contributed by atoms with Gasteiger partial charge in [-0.1, -0.05) is 43.6 Å². The number of halogens is 1. The smallest absolute Gasteiger partial charge is 0.272 e. The average molecular weight is 316 g/mol. The van der Waals surface area contributed by atoms with Gasteiger partial charge in [0.05, 0.1) is 11.1 Å². The fourth-order valence-electron chi connectivity index (χ4n) is 2.84. The molecule has 0 spiro atoms. The molecule has 1 unspecified atom stereocenters. The van der Waals surface area contributed by atoms with Gasteiger partial charge in [0.15, 0.2) is 0 Å². The van der Waals surface area contributed by atoms with Gasteiger partial charge < -0.3 is 5.32 Å². The van der Waals surface area contributed by atoms with Gasteiger partial charge in [-0.05, 0) is 35.4 Å². The fourth-order valence-corrected chi connectivity index (χ4v) is 3.03. The molecule has 3 rings (SSSR count). The second-order valence-electron chi connectivity index (χ2n) is 5.90. The Morgan fingerprint density at radius 2 is 2.23 bits per heavy atom. The third-order valence-electron chi connectivity index (χ3n) is 4.10. The highest BCUT2D eigenvalue weighted by atomic mass is 35.5. The molecule has 1 N–H and O–H groups in total. The van der Waals surface area contributed by atoms with Crippen LogP contribution in [0.2, 0.25) is 5.02 Å². The van der Waals surface area contributed by atoms with E-state index in [0.29, 0.717) is 5.92 Å². The van der Waals surface area contributed by atoms with Crippen LogP contribution >= 0.6 is 11.6 Å². The molecule has 1 aromatic carbocycles. The number of carbonyl (C=O) groups excluding carboxylic acids is 1. The summed E-state index contributed by atoms with van der Waals surface area (Å²) in [4.78, 5) is 20.1. The molecule has 0 saturated heterocycles. The normalized spacial score (nSPS) is 16.6. The van der Waals surface area contributed by atoms with Crippen LogP contribution in [0.3, 0.4) is 0 Å². The summed E-state index contributed by atoms with van der Waals surface area (Å²) in [5.41, 5.74) is 4.04. The molecule has 1 aromatic heterocycles. The minimum Gasteiger partial charge on any atom is -0.344 e. The van der Waals surface area contributed by atoms with Crippen molar-refractivity contribution in [2.75, 3.05) is 0 Å². The molecule has 0 bridgehead atoms. The van der Waals surface area contributed by atoms with Crippen LogP contribution < -0.4 is 5.32 Å². The van der Waals surface area contributed by atoms with Gasteiger partial charge in [-0.25, -0.2) is 9.97 Å². The van der Waals surface area contributed by atoms with E-state index in [1.54, 1.807) is 0 Å². The molecule has 0 fully saturated rings. The lowest BCUT2D eigenvalue weighted by atomic mass is 9.97. The Hall–Kier alpha value is -1.94. The Bertz CT molecular complexity index is 715. The number of hydrogen-bond donors (Lipinski definition) is 1. The van der Waals surface area contributed by atoms with Gasteiger partial charge in [-0.2, -0.15) is 0 Å². The van der Waals surface area contributed by atoms with Crippen LogP contribution in [-0.4, -0.2) is 15.9 Å². The first-order chi connectivity index (χ1) is 10.6. The summed E-state index contributed by atoms with van der Waals surface area (Å²) >= 11 is 5.99. The zero-order chi connectivity index (χ0) is 15.7. The number of nitrogens with one attached hydrogen (secondary N) is 1. The van der Waals surface area contributed by atoms with Gasteiger partial charge >= 0.3 is 0 Å². The van der Waals surface area contributed by atoms with Crippen molar-refractivity contribution in [3.05, 3.63) is 58.1 Å². The van der Waals surface area contributed by atoms with E-state index in [9.17, 15) is 4.79 Å². The number of amides is 1. The van der Waals surface area contributed by atoms with Crippen LogP contribution in [-0.2, 0) is 6.42 Å². The van der Waals surface area contributed by atoms with Crippen LogP contribution in [0.5, 0.6) is 0 Å². The van der Waals surface area contributed by atoms with E-state index < -0.39 is 0 Å². The number of carbonyl (C=O) groups is 1. The molecule has 22 heavy (non-hydrogen) atoms. The molecule has 0 aliphatic heterocycles. The van der Waals surface area contributed by atoms with Crippen molar-refractivity contribution in [3.8, 4) is 0 Å². The van der Waals surface area contributed by atoms with E-state index in [1.165, 1.54) is 29.2 Å². The van der Waals surface area contributed by atoms with Gasteiger partial charge in [0, 0.05) is 6.20 Å². The Balaban J connectivity index is 1.83. The third-order valence-corrected chi connectivity index (χ3v) is 4.38. The standard InChI is InChI=1S/C17H18ClN3O/c1-10(2)12-4-3-11-5-6-15(13(11)7-12)21-17(22)16-14(18)8-19-9-20-16/h3-4,7-10,15H,5-6H2,1-2H3,(H,21,22). The summed E-state index contributed by atoms with van der Waals surface area (Å²) in [6.45, 7) is 4.34. The van der Waals surface area contributed by atoms with Crippen molar-refractivity contribution in [1.82, 2.24) is 15.3 Å². The van der Waals surface area contributed by atoms with Gasteiger partial charge in [-0.15, -0.1) is 0 Å². The first-order valence-corrected chi connectivity index (χ1v) is 7.83. The number of fused-ring (bicyclic) bond motifs is 1. The van der Waals surface area contributed by atoms with E-state index in [2.05, 4.69) is 47.3 Å². The minimum absolute atomic E-state index is 0.0206. The SMILES string of the molecule is CC(C)c1ccc2c(c1)C(NC(=O)c1ncncc1Cl)CC2. The number of benzene rings is 1. The molecular weight excluding hydrogens is 298 g/mol. The molecule has 5 heteroatoms. The summed E-state index contributed by atoms with van der Waals surface area (Å²) in [5, 5.41) is 3.32. The average Bonchev–Trinajstić information content (AvgIpc) is 2.90. The van der Waals surface area contributed by atoms with Crippen LogP contribution in [0, 0.1) is 0 Å². The van der Waals surface area contributed by atoms with Crippen LogP contribution in [0.4, 0.5) is 0 Å². The zero-order valence-corrected chi connectivity index (χ0v) is 13.4. The lowest BCUT2D eigenvalue weighted by molar-refractivity contribution is 0.0931. The van der Waals surface area contributed by atoms with Crippen LogP contribution in [0.15, 0.2) is 30.7 Å². The number of rotatable bonds is 3. The summed E-state index contributed by atoms with van der Waals surface area (Å²) in [6.07, 6.45) is 4.66. The summed E-state index contributed by atoms with van der Waals surface area (Å²) in [7, 11) is 0. The van der Waals surface area contributed by atoms with E-state index in [1.807, 2.05) is 0 Å². The van der Waals surface area contributed by atoms with Crippen molar-refractivity contribution in [2.24, 2.45) is 0 Å². The topological polar surface area (TPSA) is 54.9 Å². The van der Waals surface area contributed by atoms with Crippen molar-refractivity contribution >= 4 is 17.5 Å². The highest BCUT2D eigenvalue weighted by Crippen LogP contribution is 2.33. The van der Waals surface area contributed by atoms with Gasteiger partial charge in [0.1, 0.15) is 12.0 Å². The Labute approximate surface area is 134 Å². The largest absolute Gasteiger partial charge is 0.344 e. The molecule has 0 radical (unpaired) electrons. The molecule has 114 valence electrons. The summed E-state index contributed by atoms with van der Waals surface area (Å²) < 4.78 is 0. The minimum atomic E-state index is -0.250. The monoisotopic (exact) mass is 315 g/mol. The number of hydrogen-bond acceptors (Lipinski definition) is 3. The van der Waals surface area contributed by atoms with Crippen molar-refractivity contribution < 1.29 is 4.79 Å². The lowest BCUT2D eigenvalue weighted by Crippen LogP contribution is -2.28. The summed E-state index contributed by atoms with van der Waals surface area (Å²) in [6, 6.07) is 6.58. The Morgan fingerprint density at radius 1 is 1.41 bits per heavy atom. The first kappa shape index (κ1) is 15.0. The second kappa shape index (κ2) is 6.05. The van der Waals surface area contributed by atoms with E-state index in [-0.39, 0.29) is 22.7 Å². The molecule has 2 aromatic rings. The number of aryl methyl sites for hydroxylation is 1. The molecule has 1 amide bonds. The van der Waals surface area contributed by atoms with E-state index in [0.717, 1.165) is 12.8 Å². The lowest BCUT2D eigenvalue weighted by Gasteiger charge is -2.16. The van der Waals surface area contributed by atoms with E-state index >= 15 is 0 Å². The maximum absolute atomic E-state index is 12.4. The molecule has 1 aliphatic carbocycles. The first-order valence-electron chi connectivity index (χ1n) is 7.45. The predicted octanol–water partition coefficient (Wildman–Crippen LogP) is 3.67. The zero-order valence-electron chi connectivity index (χ0n) is 12.6. The third kappa shape index (κ3) is 2.83. The second-order valence-corrected chi connectivity index (χ2v) is 6.30. The molecule has 1 aliphatic rings. The molecule has 4 nitrogen and oxygen atoms in total. The number of nitrogens with zero attached hydrogens (tertiary/aromatic N) is 2. The molecular formula is C17H18ClN3O. The van der Waals surface area contributed by atoms with Crippen molar-refractivity contribution in [2.45, 2.75) is 38.6 Å². The molecule has 1 heterocycles. The number of aromatic nitrogens is 2. The fraction of sp³-hybridized carbons (Fsp3) is 0.353. The quantitative estimate of drug-likeness (QED) is 0.940. The predicted molar refractivity (Wildman–Crippen MR) is 86.1 cm³/mol. The molecule has 1 atom stereocenters. The maximum Gasteiger partial charge on any atom is 0.272 e. The van der Waals surface area contributed by atoms with Gasteiger partial charge in [0.25, 0.3) is 5.91 Å². The molecule has 0 saturated carbocycles. The maximum atomic E-state index is 12.4.